The molecule has 4 aromatic rings. The van der Waals surface area contributed by atoms with Crippen molar-refractivity contribution < 1.29 is 33.4 Å². The number of hydrogen-bond acceptors (Lipinski definition) is 11. The Hall–Kier alpha value is -6.09. The maximum absolute atomic E-state index is 13.5. The molecule has 0 saturated carbocycles. The van der Waals surface area contributed by atoms with Crippen LogP contribution in [-0.2, 0) is 28.0 Å². The molecule has 1 atom stereocenters. The van der Waals surface area contributed by atoms with Crippen LogP contribution in [0.25, 0.3) is 21.9 Å². The minimum absolute atomic E-state index is 0.0785. The van der Waals surface area contributed by atoms with E-state index in [1.165, 1.54) is 0 Å². The van der Waals surface area contributed by atoms with Gasteiger partial charge in [-0.3, -0.25) is 48.9 Å². The van der Waals surface area contributed by atoms with Crippen LogP contribution in [0.3, 0.4) is 0 Å². The van der Waals surface area contributed by atoms with Crippen molar-refractivity contribution in [2.24, 2.45) is 18.4 Å². The lowest BCUT2D eigenvalue weighted by molar-refractivity contribution is -0.137. The van der Waals surface area contributed by atoms with Crippen LogP contribution in [-0.4, -0.2) is 113 Å². The molecule has 15 heteroatoms. The Morgan fingerprint density at radius 3 is 2.29 bits per heavy atom. The molecule has 5 amide bonds. The molecule has 1 spiro atoms. The van der Waals surface area contributed by atoms with Gasteiger partial charge in [0, 0.05) is 101 Å². The van der Waals surface area contributed by atoms with Gasteiger partial charge in [0.25, 0.3) is 17.4 Å². The van der Waals surface area contributed by atoms with Crippen molar-refractivity contribution in [2.45, 2.75) is 44.7 Å². The number of pyridine rings is 2. The lowest BCUT2D eigenvalue weighted by Crippen LogP contribution is -2.61. The number of ether oxygens (including phenoxy) is 2. The number of amides is 5. The molecule has 1 N–H and O–H groups in total. The summed E-state index contributed by atoms with van der Waals surface area (Å²) in [6.07, 6.45) is 7.61. The number of carbonyl (C=O) groups is 5. The molecule has 4 fully saturated rings. The van der Waals surface area contributed by atoms with Crippen molar-refractivity contribution in [1.29, 1.82) is 0 Å². The minimum Gasteiger partial charge on any atom is -0.496 e. The first-order valence-corrected chi connectivity index (χ1v) is 19.7. The minimum atomic E-state index is -0.991. The van der Waals surface area contributed by atoms with E-state index in [2.05, 4.69) is 20.1 Å². The number of aryl methyl sites for hydroxylation is 1. The van der Waals surface area contributed by atoms with E-state index >= 15 is 0 Å². The van der Waals surface area contributed by atoms with Crippen LogP contribution >= 0.6 is 0 Å². The first-order chi connectivity index (χ1) is 28.0. The molecule has 0 radical (unpaired) electrons. The highest BCUT2D eigenvalue weighted by Crippen LogP contribution is 2.44. The lowest BCUT2D eigenvalue weighted by atomic mass is 9.71. The molecular weight excluding hydrogens is 743 g/mol. The van der Waals surface area contributed by atoms with Crippen molar-refractivity contribution in [3.63, 3.8) is 0 Å². The molecule has 5 aliphatic rings. The molecule has 5 aliphatic heterocycles. The number of likely N-dealkylation sites (tertiary alicyclic amines) is 2. The molecule has 4 saturated heterocycles. The Morgan fingerprint density at radius 2 is 1.60 bits per heavy atom. The fraction of sp³-hybridized carbons (Fsp3) is 0.419. The van der Waals surface area contributed by atoms with E-state index in [9.17, 15) is 28.8 Å². The number of piperidine rings is 2. The summed E-state index contributed by atoms with van der Waals surface area (Å²) in [5.41, 5.74) is 4.06. The average Bonchev–Trinajstić information content (AvgIpc) is 3.45. The molecule has 15 nitrogen and oxygen atoms in total. The van der Waals surface area contributed by atoms with Crippen LogP contribution in [0.5, 0.6) is 11.5 Å². The monoisotopic (exact) mass is 787 g/mol. The Kier molecular flexibility index (Phi) is 9.29. The summed E-state index contributed by atoms with van der Waals surface area (Å²) < 4.78 is 13.3. The van der Waals surface area contributed by atoms with Gasteiger partial charge in [-0.25, -0.2) is 0 Å². The van der Waals surface area contributed by atoms with E-state index in [0.29, 0.717) is 42.9 Å². The summed E-state index contributed by atoms with van der Waals surface area (Å²) in [4.78, 5) is 88.4. The van der Waals surface area contributed by atoms with Gasteiger partial charge in [-0.15, -0.1) is 0 Å². The number of methoxy groups -OCH3 is 2. The van der Waals surface area contributed by atoms with Gasteiger partial charge < -0.3 is 23.8 Å². The van der Waals surface area contributed by atoms with Crippen LogP contribution < -0.4 is 25.2 Å². The Morgan fingerprint density at radius 1 is 0.897 bits per heavy atom. The fourth-order valence-electron chi connectivity index (χ4n) is 9.52. The van der Waals surface area contributed by atoms with E-state index < -0.39 is 29.7 Å². The van der Waals surface area contributed by atoms with Gasteiger partial charge in [-0.1, -0.05) is 0 Å². The third-order valence-corrected chi connectivity index (χ3v) is 12.8. The highest BCUT2D eigenvalue weighted by atomic mass is 16.5. The number of anilines is 1. The highest BCUT2D eigenvalue weighted by Gasteiger charge is 2.48. The van der Waals surface area contributed by atoms with Crippen LogP contribution in [0.15, 0.2) is 59.8 Å². The summed E-state index contributed by atoms with van der Waals surface area (Å²) >= 11 is 0. The van der Waals surface area contributed by atoms with E-state index in [4.69, 9.17) is 9.47 Å². The van der Waals surface area contributed by atoms with Crippen LogP contribution in [0.1, 0.15) is 58.4 Å². The number of imide groups is 2. The fourth-order valence-corrected chi connectivity index (χ4v) is 9.52. The number of carbonyl (C=O) groups excluding carboxylic acids is 5. The first-order valence-electron chi connectivity index (χ1n) is 19.7. The van der Waals surface area contributed by atoms with Gasteiger partial charge in [-0.2, -0.15) is 0 Å². The molecule has 1 unspecified atom stereocenters. The molecular formula is C43H45N7O8. The molecule has 0 bridgehead atoms. The van der Waals surface area contributed by atoms with Crippen molar-refractivity contribution in [3.05, 3.63) is 82.0 Å². The van der Waals surface area contributed by atoms with E-state index in [-0.39, 0.29) is 46.8 Å². The summed E-state index contributed by atoms with van der Waals surface area (Å²) in [6.45, 7) is 5.24. The van der Waals surface area contributed by atoms with E-state index in [1.54, 1.807) is 50.4 Å². The quantitative estimate of drug-likeness (QED) is 0.248. The summed E-state index contributed by atoms with van der Waals surface area (Å²) in [6, 6.07) is 10.1. The largest absolute Gasteiger partial charge is 0.496 e. The number of fused-ring (bicyclic) bond motifs is 2. The standard InChI is InChI=1S/C43H45N7O8/c1-46-21-32(28-8-11-44-18-31(28)40(46)54)26-15-35(57-2)33(36(16-26)58-3)22-47-19-25(20-47)14-38(52)48-12-9-43(10-13-48)23-49(24-43)27-4-5-29-30(17-27)42(56)50(41(29)55)34-6-7-37(51)45-39(34)53/h4-5,8,11,15-18,21,25,34H,6-7,9-10,12-14,19-20,22-24H2,1-3H3,(H,45,51,53). The normalized spacial score (nSPS) is 20.6. The average molecular weight is 788 g/mol. The topological polar surface area (TPSA) is 164 Å². The predicted molar refractivity (Wildman–Crippen MR) is 212 cm³/mol. The van der Waals surface area contributed by atoms with Crippen LogP contribution in [0.2, 0.25) is 0 Å². The third kappa shape index (κ3) is 6.37. The van der Waals surface area contributed by atoms with Crippen molar-refractivity contribution in [2.75, 3.05) is 58.4 Å². The van der Waals surface area contributed by atoms with Gasteiger partial charge in [-0.05, 0) is 72.5 Å². The Balaban J connectivity index is 0.771. The van der Waals surface area contributed by atoms with Gasteiger partial charge in [0.2, 0.25) is 17.7 Å². The lowest BCUT2D eigenvalue weighted by Gasteiger charge is -2.55. The SMILES string of the molecule is COc1cc(-c2cn(C)c(=O)c3cnccc23)cc(OC)c1CN1CC(CC(=O)N2CCC3(CC2)CN(c2ccc4c(c2)C(=O)N(C2CCC(=O)NC2=O)C4=O)C3)C1. The van der Waals surface area contributed by atoms with Crippen molar-refractivity contribution >= 4 is 46.0 Å². The first kappa shape index (κ1) is 37.5. The maximum atomic E-state index is 13.5. The van der Waals surface area contributed by atoms with Crippen molar-refractivity contribution in [3.8, 4) is 22.6 Å². The number of benzene rings is 2. The van der Waals surface area contributed by atoms with Crippen LogP contribution in [0, 0.1) is 11.3 Å². The second-order valence-electron chi connectivity index (χ2n) is 16.4. The Bertz CT molecular complexity index is 2430. The third-order valence-electron chi connectivity index (χ3n) is 12.8. The van der Waals surface area contributed by atoms with Gasteiger partial charge >= 0.3 is 0 Å². The van der Waals surface area contributed by atoms with Crippen LogP contribution in [0.4, 0.5) is 5.69 Å². The molecule has 58 heavy (non-hydrogen) atoms. The number of nitrogens with one attached hydrogen (secondary N) is 1. The van der Waals surface area contributed by atoms with Gasteiger partial charge in [0.05, 0.1) is 36.3 Å². The Labute approximate surface area is 334 Å². The molecule has 9 rings (SSSR count). The molecule has 2 aromatic heterocycles. The number of rotatable bonds is 9. The zero-order valence-electron chi connectivity index (χ0n) is 32.8. The second-order valence-corrected chi connectivity index (χ2v) is 16.4. The highest BCUT2D eigenvalue weighted by molar-refractivity contribution is 6.23. The van der Waals surface area contributed by atoms with Gasteiger partial charge in [0.15, 0.2) is 0 Å². The molecule has 2 aromatic carbocycles. The van der Waals surface area contributed by atoms with E-state index in [0.717, 1.165) is 71.7 Å². The molecule has 0 aliphatic carbocycles. The molecule has 7 heterocycles. The predicted octanol–water partition coefficient (Wildman–Crippen LogP) is 2.97. The summed E-state index contributed by atoms with van der Waals surface area (Å²) in [5, 5.41) is 3.58. The van der Waals surface area contributed by atoms with Gasteiger partial charge in [0.1, 0.15) is 17.5 Å². The zero-order valence-corrected chi connectivity index (χ0v) is 32.8. The maximum Gasteiger partial charge on any atom is 0.262 e. The van der Waals surface area contributed by atoms with Crippen molar-refractivity contribution in [1.82, 2.24) is 29.6 Å². The number of nitrogens with zero attached hydrogens (tertiary/aromatic N) is 6. The second kappa shape index (κ2) is 14.4. The summed E-state index contributed by atoms with van der Waals surface area (Å²) in [7, 11) is 5.02. The molecule has 300 valence electrons. The summed E-state index contributed by atoms with van der Waals surface area (Å²) in [5.74, 6) is -0.195. The zero-order chi connectivity index (χ0) is 40.5. The number of hydrogen-bond donors (Lipinski definition) is 1. The number of aromatic nitrogens is 2. The smallest absolute Gasteiger partial charge is 0.262 e. The van der Waals surface area contributed by atoms with E-state index in [1.807, 2.05) is 35.4 Å².